The third-order valence-corrected chi connectivity index (χ3v) is 3.02. The summed E-state index contributed by atoms with van der Waals surface area (Å²) in [5, 5.41) is 12.4. The molecule has 0 saturated heterocycles. The predicted molar refractivity (Wildman–Crippen MR) is 67.4 cm³/mol. The van der Waals surface area contributed by atoms with Crippen LogP contribution in [-0.2, 0) is 0 Å². The normalized spacial score (nSPS) is 20.8. The van der Waals surface area contributed by atoms with Gasteiger partial charge in [0, 0.05) is 12.6 Å². The first kappa shape index (κ1) is 13.3. The lowest BCUT2D eigenvalue weighted by atomic mass is 9.96. The Hall–Kier alpha value is -0.770. The molecule has 0 radical (unpaired) electrons. The van der Waals surface area contributed by atoms with Crippen LogP contribution in [0, 0.1) is 0 Å². The van der Waals surface area contributed by atoms with E-state index in [-0.39, 0.29) is 6.10 Å². The first-order valence-corrected chi connectivity index (χ1v) is 6.43. The second-order valence-electron chi connectivity index (χ2n) is 4.74. The number of aliphatic hydroxyl groups excluding tert-OH is 1. The third kappa shape index (κ3) is 5.95. The standard InChI is InChI=1S/C12H25N3O/c1-10(16)6-5-9-14-12(13)15-11-7-3-2-4-8-11/h10-11,16H,2-9H2,1H3,(H3,13,14,15). The number of nitrogens with two attached hydrogens (primary N) is 1. The van der Waals surface area contributed by atoms with Crippen LogP contribution < -0.4 is 11.1 Å². The van der Waals surface area contributed by atoms with Crippen molar-refractivity contribution < 1.29 is 5.11 Å². The second-order valence-corrected chi connectivity index (χ2v) is 4.74. The molecule has 0 aliphatic heterocycles. The molecule has 4 nitrogen and oxygen atoms in total. The van der Waals surface area contributed by atoms with E-state index in [4.69, 9.17) is 10.8 Å². The van der Waals surface area contributed by atoms with Gasteiger partial charge in [-0.05, 0) is 32.6 Å². The highest BCUT2D eigenvalue weighted by atomic mass is 16.3. The molecule has 1 saturated carbocycles. The van der Waals surface area contributed by atoms with Crippen LogP contribution in [0.2, 0.25) is 0 Å². The molecule has 4 heteroatoms. The summed E-state index contributed by atoms with van der Waals surface area (Å²) in [5.74, 6) is 0.567. The molecule has 0 spiro atoms. The molecule has 0 amide bonds. The minimum absolute atomic E-state index is 0.234. The van der Waals surface area contributed by atoms with Gasteiger partial charge in [0.25, 0.3) is 0 Å². The molecule has 0 heterocycles. The number of nitrogens with zero attached hydrogens (tertiary/aromatic N) is 1. The Balaban J connectivity index is 2.12. The molecule has 1 fully saturated rings. The van der Waals surface area contributed by atoms with Gasteiger partial charge in [0.05, 0.1) is 6.10 Å². The molecule has 1 atom stereocenters. The molecule has 16 heavy (non-hydrogen) atoms. The summed E-state index contributed by atoms with van der Waals surface area (Å²) < 4.78 is 0. The van der Waals surface area contributed by atoms with Crippen molar-refractivity contribution >= 4 is 5.96 Å². The summed E-state index contributed by atoms with van der Waals surface area (Å²) in [4.78, 5) is 4.26. The van der Waals surface area contributed by atoms with Gasteiger partial charge >= 0.3 is 0 Å². The molecule has 0 aromatic rings. The maximum Gasteiger partial charge on any atom is 0.188 e. The summed E-state index contributed by atoms with van der Waals surface area (Å²) >= 11 is 0. The molecule has 1 unspecified atom stereocenters. The van der Waals surface area contributed by atoms with Gasteiger partial charge in [-0.15, -0.1) is 0 Å². The maximum atomic E-state index is 9.08. The van der Waals surface area contributed by atoms with Crippen molar-refractivity contribution in [2.24, 2.45) is 10.7 Å². The van der Waals surface area contributed by atoms with Crippen molar-refractivity contribution in [3.8, 4) is 0 Å². The monoisotopic (exact) mass is 227 g/mol. The number of guanidine groups is 1. The molecule has 0 aromatic carbocycles. The van der Waals surface area contributed by atoms with Crippen LogP contribution in [0.3, 0.4) is 0 Å². The highest BCUT2D eigenvalue weighted by Crippen LogP contribution is 2.16. The van der Waals surface area contributed by atoms with E-state index in [1.165, 1.54) is 32.1 Å². The van der Waals surface area contributed by atoms with Crippen LogP contribution in [0.25, 0.3) is 0 Å². The zero-order valence-corrected chi connectivity index (χ0v) is 10.3. The molecular weight excluding hydrogens is 202 g/mol. The lowest BCUT2D eigenvalue weighted by molar-refractivity contribution is 0.182. The van der Waals surface area contributed by atoms with Crippen molar-refractivity contribution in [2.45, 2.75) is 64.0 Å². The van der Waals surface area contributed by atoms with Crippen LogP contribution in [0.4, 0.5) is 0 Å². The van der Waals surface area contributed by atoms with Gasteiger partial charge in [0.1, 0.15) is 0 Å². The quantitative estimate of drug-likeness (QED) is 0.377. The van der Waals surface area contributed by atoms with Gasteiger partial charge in [-0.3, -0.25) is 4.99 Å². The van der Waals surface area contributed by atoms with E-state index < -0.39 is 0 Å². The minimum atomic E-state index is -0.234. The molecular formula is C12H25N3O. The van der Waals surface area contributed by atoms with E-state index in [1.807, 2.05) is 0 Å². The van der Waals surface area contributed by atoms with Crippen molar-refractivity contribution in [1.82, 2.24) is 5.32 Å². The summed E-state index contributed by atoms with van der Waals surface area (Å²) in [6, 6.07) is 0.522. The van der Waals surface area contributed by atoms with Gasteiger partial charge in [-0.1, -0.05) is 19.3 Å². The number of rotatable bonds is 5. The molecule has 0 aromatic heterocycles. The zero-order valence-electron chi connectivity index (χ0n) is 10.3. The average Bonchev–Trinajstić information content (AvgIpc) is 2.25. The van der Waals surface area contributed by atoms with Crippen LogP contribution >= 0.6 is 0 Å². The Kier molecular flexibility index (Phi) is 6.23. The summed E-state index contributed by atoms with van der Waals surface area (Å²) in [6.07, 6.45) is 7.82. The Morgan fingerprint density at radius 1 is 1.44 bits per heavy atom. The summed E-state index contributed by atoms with van der Waals surface area (Å²) in [7, 11) is 0. The van der Waals surface area contributed by atoms with Crippen molar-refractivity contribution in [1.29, 1.82) is 0 Å². The van der Waals surface area contributed by atoms with Gasteiger partial charge in [-0.25, -0.2) is 0 Å². The van der Waals surface area contributed by atoms with Gasteiger partial charge in [0.2, 0.25) is 0 Å². The van der Waals surface area contributed by atoms with Gasteiger partial charge in [-0.2, -0.15) is 0 Å². The Morgan fingerprint density at radius 3 is 2.75 bits per heavy atom. The lowest BCUT2D eigenvalue weighted by Crippen LogP contribution is -2.41. The Morgan fingerprint density at radius 2 is 2.12 bits per heavy atom. The molecule has 94 valence electrons. The minimum Gasteiger partial charge on any atom is -0.393 e. The van der Waals surface area contributed by atoms with E-state index >= 15 is 0 Å². The maximum absolute atomic E-state index is 9.08. The highest BCUT2D eigenvalue weighted by Gasteiger charge is 2.12. The topological polar surface area (TPSA) is 70.6 Å². The van der Waals surface area contributed by atoms with E-state index in [9.17, 15) is 0 Å². The van der Waals surface area contributed by atoms with Crippen LogP contribution in [0.1, 0.15) is 51.9 Å². The van der Waals surface area contributed by atoms with E-state index in [0.717, 1.165) is 12.8 Å². The Labute approximate surface area is 98.3 Å². The fourth-order valence-corrected chi connectivity index (χ4v) is 2.09. The fraction of sp³-hybridized carbons (Fsp3) is 0.917. The van der Waals surface area contributed by atoms with Gasteiger partial charge in [0.15, 0.2) is 5.96 Å². The lowest BCUT2D eigenvalue weighted by Gasteiger charge is -2.23. The molecule has 1 aliphatic rings. The van der Waals surface area contributed by atoms with Crippen molar-refractivity contribution in [3.05, 3.63) is 0 Å². The second kappa shape index (κ2) is 7.49. The number of nitrogens with one attached hydrogen (secondary N) is 1. The Bertz CT molecular complexity index is 210. The van der Waals surface area contributed by atoms with Gasteiger partial charge < -0.3 is 16.2 Å². The summed E-state index contributed by atoms with van der Waals surface area (Å²) in [6.45, 7) is 2.50. The first-order chi connectivity index (χ1) is 7.68. The van der Waals surface area contributed by atoms with Crippen LogP contribution in [0.5, 0.6) is 0 Å². The predicted octanol–water partition coefficient (Wildman–Crippen LogP) is 1.38. The average molecular weight is 227 g/mol. The highest BCUT2D eigenvalue weighted by molar-refractivity contribution is 5.78. The SMILES string of the molecule is CC(O)CCCN=C(N)NC1CCCCC1. The van der Waals surface area contributed by atoms with Crippen LogP contribution in [0.15, 0.2) is 4.99 Å². The zero-order chi connectivity index (χ0) is 11.8. The molecule has 1 aliphatic carbocycles. The van der Waals surface area contributed by atoms with E-state index in [1.54, 1.807) is 6.92 Å². The number of hydrogen-bond donors (Lipinski definition) is 3. The molecule has 1 rings (SSSR count). The number of aliphatic imine (C=N–C) groups is 1. The number of aliphatic hydroxyl groups is 1. The van der Waals surface area contributed by atoms with E-state index in [0.29, 0.717) is 18.5 Å². The van der Waals surface area contributed by atoms with Crippen molar-refractivity contribution in [2.75, 3.05) is 6.54 Å². The molecule has 4 N–H and O–H groups in total. The van der Waals surface area contributed by atoms with Crippen LogP contribution in [-0.4, -0.2) is 29.8 Å². The smallest absolute Gasteiger partial charge is 0.188 e. The third-order valence-electron chi connectivity index (χ3n) is 3.02. The first-order valence-electron chi connectivity index (χ1n) is 6.43. The molecule has 0 bridgehead atoms. The fourth-order valence-electron chi connectivity index (χ4n) is 2.09. The summed E-state index contributed by atoms with van der Waals surface area (Å²) in [5.41, 5.74) is 5.80. The van der Waals surface area contributed by atoms with E-state index in [2.05, 4.69) is 10.3 Å². The number of hydrogen-bond acceptors (Lipinski definition) is 2. The van der Waals surface area contributed by atoms with Crippen molar-refractivity contribution in [3.63, 3.8) is 0 Å². The largest absolute Gasteiger partial charge is 0.393 e.